The first-order valence-corrected chi connectivity index (χ1v) is 14.9. The molecule has 3 aromatic rings. The summed E-state index contributed by atoms with van der Waals surface area (Å²) in [5.41, 5.74) is 4.93. The predicted octanol–water partition coefficient (Wildman–Crippen LogP) is 6.03. The number of nitrogens with zero attached hydrogens (tertiary/aromatic N) is 3. The topological polar surface area (TPSA) is 83.0 Å². The lowest BCUT2D eigenvalue weighted by Crippen LogP contribution is -2.44. The number of alkyl halides is 2. The van der Waals surface area contributed by atoms with Crippen LogP contribution in [-0.2, 0) is 11.4 Å². The Morgan fingerprint density at radius 1 is 1.12 bits per heavy atom. The third-order valence-corrected chi connectivity index (χ3v) is 9.62. The van der Waals surface area contributed by atoms with E-state index in [1.54, 1.807) is 23.5 Å². The molecule has 1 N–H and O–H groups in total. The number of hydrogen-bond acceptors (Lipinski definition) is 6. The maximum absolute atomic E-state index is 13.6. The van der Waals surface area contributed by atoms with Gasteiger partial charge in [-0.3, -0.25) is 9.59 Å². The van der Waals surface area contributed by atoms with E-state index in [0.29, 0.717) is 11.3 Å². The number of rotatable bonds is 7. The molecule has 2 bridgehead atoms. The van der Waals surface area contributed by atoms with Gasteiger partial charge in [-0.1, -0.05) is 17.7 Å². The van der Waals surface area contributed by atoms with Crippen LogP contribution in [0.25, 0.3) is 11.3 Å². The maximum Gasteiger partial charge on any atom is 0.307 e. The third-order valence-electron chi connectivity index (χ3n) is 8.72. The number of aryl methyl sites for hydroxylation is 2. The minimum Gasteiger partial charge on any atom is -0.488 e. The van der Waals surface area contributed by atoms with Crippen LogP contribution in [0.4, 0.5) is 13.9 Å². The summed E-state index contributed by atoms with van der Waals surface area (Å²) in [7, 11) is 0. The van der Waals surface area contributed by atoms with Gasteiger partial charge in [-0.05, 0) is 73.9 Å². The van der Waals surface area contributed by atoms with Gasteiger partial charge in [0.05, 0.1) is 18.2 Å². The molecule has 41 heavy (non-hydrogen) atoms. The van der Waals surface area contributed by atoms with Crippen molar-refractivity contribution in [1.82, 2.24) is 9.88 Å². The van der Waals surface area contributed by atoms with Crippen molar-refractivity contribution < 1.29 is 28.2 Å². The smallest absolute Gasteiger partial charge is 0.307 e. The van der Waals surface area contributed by atoms with Crippen LogP contribution in [0.15, 0.2) is 41.8 Å². The summed E-state index contributed by atoms with van der Waals surface area (Å²) in [6.07, 6.45) is 1.61. The number of ether oxygens (including phenoxy) is 1. The number of anilines is 1. The van der Waals surface area contributed by atoms with E-state index in [2.05, 4.69) is 11.0 Å². The molecular weight excluding hydrogens is 548 g/mol. The van der Waals surface area contributed by atoms with Crippen LogP contribution in [0.2, 0.25) is 0 Å². The van der Waals surface area contributed by atoms with E-state index < -0.39 is 18.4 Å². The van der Waals surface area contributed by atoms with E-state index in [9.17, 15) is 23.5 Å². The zero-order chi connectivity index (χ0) is 28.9. The van der Waals surface area contributed by atoms with Crippen LogP contribution in [0.1, 0.15) is 46.3 Å². The van der Waals surface area contributed by atoms with E-state index >= 15 is 0 Å². The fourth-order valence-corrected chi connectivity index (χ4v) is 7.37. The molecule has 3 aliphatic rings. The Hall–Kier alpha value is -3.53. The van der Waals surface area contributed by atoms with Crippen molar-refractivity contribution in [3.8, 4) is 17.0 Å². The van der Waals surface area contributed by atoms with E-state index in [1.165, 1.54) is 4.90 Å². The van der Waals surface area contributed by atoms with E-state index in [4.69, 9.17) is 9.72 Å². The number of benzene rings is 2. The van der Waals surface area contributed by atoms with E-state index in [1.807, 2.05) is 37.4 Å². The number of carboxylic acids is 1. The second kappa shape index (κ2) is 10.7. The van der Waals surface area contributed by atoms with Crippen molar-refractivity contribution >= 4 is 28.3 Å². The largest absolute Gasteiger partial charge is 0.488 e. The molecule has 2 atom stereocenters. The first kappa shape index (κ1) is 27.6. The number of aromatic nitrogens is 1. The fraction of sp³-hybridized carbons (Fsp3) is 0.452. The van der Waals surface area contributed by atoms with Crippen molar-refractivity contribution in [3.05, 3.63) is 64.0 Å². The summed E-state index contributed by atoms with van der Waals surface area (Å²) in [6.45, 7) is 5.15. The lowest BCUT2D eigenvalue weighted by molar-refractivity contribution is -0.144. The number of thiazole rings is 1. The van der Waals surface area contributed by atoms with Gasteiger partial charge in [0.1, 0.15) is 12.4 Å². The van der Waals surface area contributed by atoms with Gasteiger partial charge in [0.15, 0.2) is 5.13 Å². The van der Waals surface area contributed by atoms with Crippen molar-refractivity contribution in [1.29, 1.82) is 0 Å². The highest BCUT2D eigenvalue weighted by Gasteiger charge is 2.46. The zero-order valence-corrected chi connectivity index (χ0v) is 23.9. The Morgan fingerprint density at radius 3 is 2.54 bits per heavy atom. The summed E-state index contributed by atoms with van der Waals surface area (Å²) < 4.78 is 33.5. The van der Waals surface area contributed by atoms with Crippen LogP contribution in [0, 0.1) is 31.6 Å². The molecule has 1 aliphatic carbocycles. The average Bonchev–Trinajstić information content (AvgIpc) is 3.64. The number of carboxylic acid groups (broad SMARTS) is 1. The number of halogens is 2. The molecule has 10 heteroatoms. The Bertz CT molecular complexity index is 1480. The van der Waals surface area contributed by atoms with Crippen LogP contribution in [0.5, 0.6) is 5.75 Å². The molecule has 7 nitrogen and oxygen atoms in total. The number of aliphatic carboxylic acids is 1. The minimum atomic E-state index is -2.82. The molecule has 2 aliphatic heterocycles. The lowest BCUT2D eigenvalue weighted by atomic mass is 9.85. The van der Waals surface area contributed by atoms with Crippen LogP contribution >= 0.6 is 11.3 Å². The van der Waals surface area contributed by atoms with Gasteiger partial charge in [-0.15, -0.1) is 11.3 Å². The summed E-state index contributed by atoms with van der Waals surface area (Å²) in [5, 5.41) is 12.6. The van der Waals surface area contributed by atoms with Crippen molar-refractivity contribution in [3.63, 3.8) is 0 Å². The molecule has 1 aromatic heterocycles. The van der Waals surface area contributed by atoms with Gasteiger partial charge < -0.3 is 19.6 Å². The van der Waals surface area contributed by atoms with Gasteiger partial charge in [-0.25, -0.2) is 13.8 Å². The molecule has 2 unspecified atom stereocenters. The number of hydrogen-bond donors (Lipinski definition) is 1. The van der Waals surface area contributed by atoms with E-state index in [-0.39, 0.29) is 43.2 Å². The molecule has 1 amide bonds. The van der Waals surface area contributed by atoms with Crippen LogP contribution in [-0.4, -0.2) is 59.0 Å². The number of piperidine rings is 1. The highest BCUT2D eigenvalue weighted by molar-refractivity contribution is 7.14. The molecule has 0 spiro atoms. The summed E-state index contributed by atoms with van der Waals surface area (Å²) in [5.74, 6) is -3.10. The van der Waals surface area contributed by atoms with Gasteiger partial charge in [0.25, 0.3) is 11.8 Å². The number of amides is 1. The average molecular weight is 582 g/mol. The highest BCUT2D eigenvalue weighted by Crippen LogP contribution is 2.44. The molecule has 1 saturated carbocycles. The lowest BCUT2D eigenvalue weighted by Gasteiger charge is -2.35. The van der Waals surface area contributed by atoms with E-state index in [0.717, 1.165) is 59.0 Å². The van der Waals surface area contributed by atoms with Crippen molar-refractivity contribution in [2.45, 2.75) is 45.6 Å². The molecular formula is C31H33F2N3O4S. The Labute approximate surface area is 241 Å². The van der Waals surface area contributed by atoms with Gasteiger partial charge >= 0.3 is 5.97 Å². The predicted molar refractivity (Wildman–Crippen MR) is 153 cm³/mol. The molecule has 6 rings (SSSR count). The van der Waals surface area contributed by atoms with Crippen molar-refractivity contribution in [2.75, 3.05) is 31.1 Å². The highest BCUT2D eigenvalue weighted by atomic mass is 32.1. The van der Waals surface area contributed by atoms with Gasteiger partial charge in [0.2, 0.25) is 0 Å². The standard InChI is InChI=1S/C31H33F2N3O4S/c1-18-3-8-26(40-15-23-7-4-20(12-19(23)2)28(37)35-10-9-31(32,33)17-35)24(11-18)25-16-41-30(34-25)36-13-21-5-6-22(14-36)27(21)29(38)39/h3-4,7-8,11-12,16,21-22,27H,5-6,9-10,13-15,17H2,1-2H3,(H,38,39). The molecule has 2 saturated heterocycles. The first-order chi connectivity index (χ1) is 19.6. The number of fused-ring (bicyclic) bond motifs is 2. The maximum atomic E-state index is 13.6. The van der Waals surface area contributed by atoms with Gasteiger partial charge in [-0.2, -0.15) is 0 Å². The second-order valence-corrected chi connectivity index (χ2v) is 12.5. The number of likely N-dealkylation sites (tertiary alicyclic amines) is 1. The Morgan fingerprint density at radius 2 is 1.88 bits per heavy atom. The summed E-state index contributed by atoms with van der Waals surface area (Å²) in [4.78, 5) is 32.9. The molecule has 3 heterocycles. The number of carbonyl (C=O) groups is 2. The Balaban J connectivity index is 1.16. The molecule has 216 valence electrons. The zero-order valence-electron chi connectivity index (χ0n) is 23.1. The summed E-state index contributed by atoms with van der Waals surface area (Å²) in [6, 6.07) is 11.2. The summed E-state index contributed by atoms with van der Waals surface area (Å²) >= 11 is 1.57. The third kappa shape index (κ3) is 5.54. The normalized spacial score (nSPS) is 23.2. The van der Waals surface area contributed by atoms with Crippen LogP contribution in [0.3, 0.4) is 0 Å². The van der Waals surface area contributed by atoms with Crippen molar-refractivity contribution in [2.24, 2.45) is 17.8 Å². The molecule has 0 radical (unpaired) electrons. The Kier molecular flexibility index (Phi) is 7.21. The monoisotopic (exact) mass is 581 g/mol. The second-order valence-electron chi connectivity index (χ2n) is 11.6. The van der Waals surface area contributed by atoms with Crippen LogP contribution < -0.4 is 9.64 Å². The molecule has 3 fully saturated rings. The minimum absolute atomic E-state index is 0.0616. The SMILES string of the molecule is Cc1ccc(OCc2ccc(C(=O)N3CCC(F)(F)C3)cc2C)c(-c2csc(N3CC4CCC(C3)C4C(=O)O)n2)c1. The van der Waals surface area contributed by atoms with Gasteiger partial charge in [0, 0.05) is 42.6 Å². The fourth-order valence-electron chi connectivity index (χ4n) is 6.52. The first-order valence-electron chi connectivity index (χ1n) is 14.0. The number of carbonyl (C=O) groups excluding carboxylic acids is 1. The quantitative estimate of drug-likeness (QED) is 0.367. The molecule has 2 aromatic carbocycles.